The summed E-state index contributed by atoms with van der Waals surface area (Å²) in [6.07, 6.45) is 2.25. The van der Waals surface area contributed by atoms with E-state index in [1.807, 2.05) is 36.4 Å². The van der Waals surface area contributed by atoms with Crippen LogP contribution < -0.4 is 4.74 Å². The molecule has 0 bridgehead atoms. The monoisotopic (exact) mass is 353 g/mol. The maximum atomic E-state index is 5.95. The molecule has 0 unspecified atom stereocenters. The summed E-state index contributed by atoms with van der Waals surface area (Å²) >= 11 is 0. The zero-order valence-electron chi connectivity index (χ0n) is 15.6. The molecule has 1 aromatic heterocycles. The Kier molecular flexibility index (Phi) is 5.15. The molecule has 0 aliphatic carbocycles. The lowest BCUT2D eigenvalue weighted by Gasteiger charge is -2.11. The summed E-state index contributed by atoms with van der Waals surface area (Å²) in [7, 11) is 0. The van der Waals surface area contributed by atoms with Crippen molar-refractivity contribution in [2.45, 2.75) is 26.4 Å². The van der Waals surface area contributed by atoms with Gasteiger partial charge in [-0.25, -0.2) is 4.98 Å². The number of benzene rings is 3. The summed E-state index contributed by atoms with van der Waals surface area (Å²) in [5.41, 5.74) is 5.87. The van der Waals surface area contributed by atoms with Gasteiger partial charge in [-0.1, -0.05) is 74.0 Å². The van der Waals surface area contributed by atoms with Crippen molar-refractivity contribution in [3.63, 3.8) is 0 Å². The van der Waals surface area contributed by atoms with Gasteiger partial charge >= 0.3 is 0 Å². The average molecular weight is 353 g/mol. The maximum Gasteiger partial charge on any atom is 0.130 e. The molecule has 0 aliphatic heterocycles. The van der Waals surface area contributed by atoms with Gasteiger partial charge in [0.25, 0.3) is 0 Å². The minimum atomic E-state index is 0.469. The van der Waals surface area contributed by atoms with E-state index in [1.54, 1.807) is 0 Å². The van der Waals surface area contributed by atoms with Gasteiger partial charge in [0, 0.05) is 5.39 Å². The standard InChI is InChI=1S/C25H23NO/c1-2-7-19-8-3-5-10-24(19)20-13-16-23(17-14-20)27-18-22-15-12-21-9-4-6-11-25(21)26-22/h3-6,8-17H,2,7,18H2,1H3. The van der Waals surface area contributed by atoms with Crippen LogP contribution in [0, 0.1) is 0 Å². The number of nitrogens with zero attached hydrogens (tertiary/aromatic N) is 1. The summed E-state index contributed by atoms with van der Waals surface area (Å²) in [5, 5.41) is 1.15. The first-order valence-corrected chi connectivity index (χ1v) is 9.49. The Hall–Kier alpha value is -3.13. The predicted octanol–water partition coefficient (Wildman–Crippen LogP) is 6.43. The highest BCUT2D eigenvalue weighted by molar-refractivity contribution is 5.78. The minimum Gasteiger partial charge on any atom is -0.487 e. The van der Waals surface area contributed by atoms with Crippen molar-refractivity contribution < 1.29 is 4.74 Å². The summed E-state index contributed by atoms with van der Waals surface area (Å²) in [6.45, 7) is 2.69. The average Bonchev–Trinajstić information content (AvgIpc) is 2.73. The highest BCUT2D eigenvalue weighted by atomic mass is 16.5. The number of para-hydroxylation sites is 1. The van der Waals surface area contributed by atoms with E-state index in [0.717, 1.165) is 35.2 Å². The molecule has 0 spiro atoms. The van der Waals surface area contributed by atoms with Gasteiger partial charge in [0.1, 0.15) is 12.4 Å². The van der Waals surface area contributed by atoms with Crippen LogP contribution in [0.3, 0.4) is 0 Å². The van der Waals surface area contributed by atoms with E-state index in [4.69, 9.17) is 4.74 Å². The van der Waals surface area contributed by atoms with E-state index in [0.29, 0.717) is 6.61 Å². The second-order valence-electron chi connectivity index (χ2n) is 6.72. The molecule has 1 heterocycles. The van der Waals surface area contributed by atoms with Gasteiger partial charge in [-0.2, -0.15) is 0 Å². The second kappa shape index (κ2) is 8.05. The van der Waals surface area contributed by atoms with E-state index < -0.39 is 0 Å². The summed E-state index contributed by atoms with van der Waals surface area (Å²) < 4.78 is 5.95. The number of aryl methyl sites for hydroxylation is 1. The van der Waals surface area contributed by atoms with Crippen LogP contribution in [0.25, 0.3) is 22.0 Å². The molecule has 2 heteroatoms. The number of pyridine rings is 1. The molecule has 0 N–H and O–H groups in total. The molecule has 0 saturated heterocycles. The first-order valence-electron chi connectivity index (χ1n) is 9.49. The lowest BCUT2D eigenvalue weighted by molar-refractivity contribution is 0.302. The fraction of sp³-hybridized carbons (Fsp3) is 0.160. The van der Waals surface area contributed by atoms with E-state index in [-0.39, 0.29) is 0 Å². The molecule has 2 nitrogen and oxygen atoms in total. The molecule has 134 valence electrons. The molecule has 0 amide bonds. The Bertz CT molecular complexity index is 1040. The van der Waals surface area contributed by atoms with Crippen LogP contribution in [0.5, 0.6) is 5.75 Å². The van der Waals surface area contributed by atoms with Crippen molar-refractivity contribution >= 4 is 10.9 Å². The van der Waals surface area contributed by atoms with Crippen molar-refractivity contribution in [1.82, 2.24) is 4.98 Å². The summed E-state index contributed by atoms with van der Waals surface area (Å²) in [6, 6.07) is 29.2. The van der Waals surface area contributed by atoms with Crippen LogP contribution in [-0.2, 0) is 13.0 Å². The third-order valence-corrected chi connectivity index (χ3v) is 4.74. The van der Waals surface area contributed by atoms with Crippen molar-refractivity contribution in [2.24, 2.45) is 0 Å². The predicted molar refractivity (Wildman–Crippen MR) is 112 cm³/mol. The maximum absolute atomic E-state index is 5.95. The van der Waals surface area contributed by atoms with Crippen LogP contribution >= 0.6 is 0 Å². The second-order valence-corrected chi connectivity index (χ2v) is 6.72. The first kappa shape index (κ1) is 17.3. The van der Waals surface area contributed by atoms with Gasteiger partial charge < -0.3 is 4.74 Å². The highest BCUT2D eigenvalue weighted by Crippen LogP contribution is 2.27. The van der Waals surface area contributed by atoms with Crippen molar-refractivity contribution in [3.05, 3.63) is 96.2 Å². The van der Waals surface area contributed by atoms with Crippen molar-refractivity contribution in [2.75, 3.05) is 0 Å². The smallest absolute Gasteiger partial charge is 0.130 e. The summed E-state index contributed by atoms with van der Waals surface area (Å²) in [4.78, 5) is 4.66. The topological polar surface area (TPSA) is 22.1 Å². The highest BCUT2D eigenvalue weighted by Gasteiger charge is 2.05. The SMILES string of the molecule is CCCc1ccccc1-c1ccc(OCc2ccc3ccccc3n2)cc1. The molecule has 0 fully saturated rings. The molecular formula is C25H23NO. The molecule has 0 saturated carbocycles. The van der Waals surface area contributed by atoms with E-state index in [9.17, 15) is 0 Å². The summed E-state index contributed by atoms with van der Waals surface area (Å²) in [5.74, 6) is 0.863. The normalized spacial score (nSPS) is 10.9. The number of ether oxygens (including phenoxy) is 1. The minimum absolute atomic E-state index is 0.469. The zero-order valence-corrected chi connectivity index (χ0v) is 15.6. The molecule has 0 atom stereocenters. The van der Waals surface area contributed by atoms with Gasteiger partial charge in [-0.15, -0.1) is 0 Å². The van der Waals surface area contributed by atoms with Gasteiger partial charge in [-0.3, -0.25) is 0 Å². The fourth-order valence-corrected chi connectivity index (χ4v) is 3.37. The number of rotatable bonds is 6. The van der Waals surface area contributed by atoms with Crippen LogP contribution in [0.15, 0.2) is 84.9 Å². The number of aromatic nitrogens is 1. The lowest BCUT2D eigenvalue weighted by atomic mass is 9.97. The van der Waals surface area contributed by atoms with Gasteiger partial charge in [0.15, 0.2) is 0 Å². The molecular weight excluding hydrogens is 330 g/mol. The van der Waals surface area contributed by atoms with Crippen LogP contribution in [0.1, 0.15) is 24.6 Å². The molecule has 4 rings (SSSR count). The van der Waals surface area contributed by atoms with Crippen LogP contribution in [0.2, 0.25) is 0 Å². The van der Waals surface area contributed by atoms with Gasteiger partial charge in [0.05, 0.1) is 11.2 Å². The molecule has 0 radical (unpaired) electrons. The van der Waals surface area contributed by atoms with Crippen LogP contribution in [0.4, 0.5) is 0 Å². The van der Waals surface area contributed by atoms with E-state index in [2.05, 4.69) is 60.4 Å². The number of fused-ring (bicyclic) bond motifs is 1. The largest absolute Gasteiger partial charge is 0.487 e. The van der Waals surface area contributed by atoms with Gasteiger partial charge in [0.2, 0.25) is 0 Å². The Morgan fingerprint density at radius 3 is 2.41 bits per heavy atom. The Morgan fingerprint density at radius 2 is 1.56 bits per heavy atom. The zero-order chi connectivity index (χ0) is 18.5. The Balaban J connectivity index is 1.47. The molecule has 0 aliphatic rings. The van der Waals surface area contributed by atoms with Crippen LogP contribution in [-0.4, -0.2) is 4.98 Å². The third kappa shape index (κ3) is 4.01. The number of hydrogen-bond donors (Lipinski definition) is 0. The first-order chi connectivity index (χ1) is 13.3. The Labute approximate surface area is 160 Å². The van der Waals surface area contributed by atoms with E-state index in [1.165, 1.54) is 16.7 Å². The lowest BCUT2D eigenvalue weighted by Crippen LogP contribution is -1.98. The number of hydrogen-bond acceptors (Lipinski definition) is 2. The molecule has 27 heavy (non-hydrogen) atoms. The van der Waals surface area contributed by atoms with Crippen molar-refractivity contribution in [3.8, 4) is 16.9 Å². The van der Waals surface area contributed by atoms with E-state index >= 15 is 0 Å². The van der Waals surface area contributed by atoms with Gasteiger partial charge in [-0.05, 0) is 47.4 Å². The Morgan fingerprint density at radius 1 is 0.778 bits per heavy atom. The molecule has 4 aromatic rings. The third-order valence-electron chi connectivity index (χ3n) is 4.74. The fourth-order valence-electron chi connectivity index (χ4n) is 3.37. The quantitative estimate of drug-likeness (QED) is 0.398. The molecule has 3 aromatic carbocycles. The van der Waals surface area contributed by atoms with Crippen molar-refractivity contribution in [1.29, 1.82) is 0 Å².